The first-order valence-electron chi connectivity index (χ1n) is 7.72. The van der Waals surface area contributed by atoms with Crippen LogP contribution in [0.25, 0.3) is 10.9 Å². The van der Waals surface area contributed by atoms with Gasteiger partial charge < -0.3 is 9.88 Å². The fourth-order valence-electron chi connectivity index (χ4n) is 2.55. The highest BCUT2D eigenvalue weighted by molar-refractivity contribution is 5.94. The van der Waals surface area contributed by atoms with Crippen LogP contribution in [0, 0.1) is 11.6 Å². The molecule has 0 fully saturated rings. The van der Waals surface area contributed by atoms with Gasteiger partial charge in [-0.2, -0.15) is 0 Å². The summed E-state index contributed by atoms with van der Waals surface area (Å²) in [6, 6.07) is 9.64. The number of amides is 1. The molecule has 2 aromatic carbocycles. The molecule has 128 valence electrons. The third kappa shape index (κ3) is 3.40. The van der Waals surface area contributed by atoms with Gasteiger partial charge in [-0.25, -0.2) is 13.8 Å². The molecule has 3 aromatic rings. The fraction of sp³-hybridized carbons (Fsp3) is 0.167. The molecule has 0 unspecified atom stereocenters. The zero-order chi connectivity index (χ0) is 18.0. The van der Waals surface area contributed by atoms with Gasteiger partial charge in [0.1, 0.15) is 17.5 Å². The number of benzene rings is 2. The van der Waals surface area contributed by atoms with Crippen molar-refractivity contribution in [2.75, 3.05) is 6.54 Å². The highest BCUT2D eigenvalue weighted by Crippen LogP contribution is 2.14. The number of H-pyrrole nitrogens is 1. The molecule has 5 nitrogen and oxygen atoms in total. The van der Waals surface area contributed by atoms with Gasteiger partial charge in [-0.15, -0.1) is 0 Å². The summed E-state index contributed by atoms with van der Waals surface area (Å²) in [6.45, 7) is 2.00. The van der Waals surface area contributed by atoms with Crippen LogP contribution in [0.2, 0.25) is 0 Å². The molecule has 0 saturated heterocycles. The van der Waals surface area contributed by atoms with Crippen LogP contribution in [-0.4, -0.2) is 27.3 Å². The Morgan fingerprint density at radius 1 is 1.20 bits per heavy atom. The smallest absolute Gasteiger partial charge is 0.258 e. The van der Waals surface area contributed by atoms with Gasteiger partial charge in [0.2, 0.25) is 0 Å². The lowest BCUT2D eigenvalue weighted by atomic mass is 10.1. The Bertz CT molecular complexity index is 1000. The van der Waals surface area contributed by atoms with Crippen molar-refractivity contribution < 1.29 is 13.6 Å². The van der Waals surface area contributed by atoms with Gasteiger partial charge in [0, 0.05) is 12.6 Å². The Hall–Kier alpha value is -3.09. The minimum Gasteiger partial charge on any atom is -0.331 e. The molecule has 0 radical (unpaired) electrons. The summed E-state index contributed by atoms with van der Waals surface area (Å²) < 4.78 is 26.9. The van der Waals surface area contributed by atoms with Crippen molar-refractivity contribution in [3.63, 3.8) is 0 Å². The summed E-state index contributed by atoms with van der Waals surface area (Å²) in [6.07, 6.45) is 0. The van der Waals surface area contributed by atoms with Crippen molar-refractivity contribution >= 4 is 16.8 Å². The number of fused-ring (bicyclic) bond motifs is 1. The van der Waals surface area contributed by atoms with E-state index >= 15 is 0 Å². The van der Waals surface area contributed by atoms with E-state index in [-0.39, 0.29) is 24.2 Å². The summed E-state index contributed by atoms with van der Waals surface area (Å²) in [4.78, 5) is 32.9. The van der Waals surface area contributed by atoms with Gasteiger partial charge in [0.25, 0.3) is 11.5 Å². The number of nitrogens with one attached hydrogen (secondary N) is 1. The van der Waals surface area contributed by atoms with Gasteiger partial charge in [0.05, 0.1) is 23.0 Å². The number of hydrogen-bond donors (Lipinski definition) is 1. The van der Waals surface area contributed by atoms with Crippen LogP contribution in [0.1, 0.15) is 23.1 Å². The molecular formula is C18H15F2N3O2. The summed E-state index contributed by atoms with van der Waals surface area (Å²) in [5, 5.41) is 0.449. The number of nitrogens with zero attached hydrogens (tertiary/aromatic N) is 2. The van der Waals surface area contributed by atoms with Crippen LogP contribution in [0.5, 0.6) is 0 Å². The van der Waals surface area contributed by atoms with Crippen molar-refractivity contribution in [1.29, 1.82) is 0 Å². The Morgan fingerprint density at radius 2 is 1.96 bits per heavy atom. The lowest BCUT2D eigenvalue weighted by Gasteiger charge is -2.20. The molecule has 0 aliphatic carbocycles. The highest BCUT2D eigenvalue weighted by Gasteiger charge is 2.20. The van der Waals surface area contributed by atoms with E-state index in [2.05, 4.69) is 9.97 Å². The molecule has 0 aliphatic heterocycles. The second-order valence-electron chi connectivity index (χ2n) is 5.47. The predicted molar refractivity (Wildman–Crippen MR) is 89.1 cm³/mol. The molecule has 3 rings (SSSR count). The van der Waals surface area contributed by atoms with E-state index < -0.39 is 17.5 Å². The lowest BCUT2D eigenvalue weighted by Crippen LogP contribution is -2.32. The molecule has 0 spiro atoms. The van der Waals surface area contributed by atoms with Crippen molar-refractivity contribution in [2.45, 2.75) is 13.5 Å². The number of carbonyl (C=O) groups excluding carboxylic acids is 1. The first kappa shape index (κ1) is 16.8. The third-order valence-electron chi connectivity index (χ3n) is 3.83. The number of carbonyl (C=O) groups is 1. The summed E-state index contributed by atoms with van der Waals surface area (Å²) in [7, 11) is 0. The molecule has 1 amide bonds. The molecule has 0 bridgehead atoms. The normalized spacial score (nSPS) is 10.8. The van der Waals surface area contributed by atoms with Gasteiger partial charge >= 0.3 is 0 Å². The number of aromatic nitrogens is 2. The van der Waals surface area contributed by atoms with Crippen molar-refractivity contribution in [1.82, 2.24) is 14.9 Å². The van der Waals surface area contributed by atoms with Crippen LogP contribution < -0.4 is 5.56 Å². The van der Waals surface area contributed by atoms with Crippen molar-refractivity contribution in [3.05, 3.63) is 75.8 Å². The number of halogens is 2. The first-order chi connectivity index (χ1) is 12.0. The van der Waals surface area contributed by atoms with Crippen molar-refractivity contribution in [2.24, 2.45) is 0 Å². The van der Waals surface area contributed by atoms with Crippen LogP contribution in [-0.2, 0) is 6.54 Å². The summed E-state index contributed by atoms with van der Waals surface area (Å²) >= 11 is 0. The monoisotopic (exact) mass is 343 g/mol. The van der Waals surface area contributed by atoms with Gasteiger partial charge in [0.15, 0.2) is 0 Å². The molecule has 1 N–H and O–H groups in total. The average Bonchev–Trinajstić information content (AvgIpc) is 2.59. The molecule has 0 aliphatic rings. The topological polar surface area (TPSA) is 66.1 Å². The van der Waals surface area contributed by atoms with Crippen molar-refractivity contribution in [3.8, 4) is 0 Å². The van der Waals surface area contributed by atoms with E-state index in [1.165, 1.54) is 4.90 Å². The van der Waals surface area contributed by atoms with Crippen LogP contribution in [0.4, 0.5) is 8.78 Å². The number of aromatic amines is 1. The predicted octanol–water partition coefficient (Wildman–Crippen LogP) is 2.86. The van der Waals surface area contributed by atoms with E-state index in [0.29, 0.717) is 22.8 Å². The number of rotatable bonds is 4. The Balaban J connectivity index is 1.92. The third-order valence-corrected chi connectivity index (χ3v) is 3.83. The maximum atomic E-state index is 13.8. The van der Waals surface area contributed by atoms with Gasteiger partial charge in [-0.05, 0) is 31.2 Å². The number of para-hydroxylation sites is 1. The molecule has 7 heteroatoms. The maximum absolute atomic E-state index is 13.8. The molecule has 1 heterocycles. The zero-order valence-corrected chi connectivity index (χ0v) is 13.4. The minimum absolute atomic E-state index is 0.00617. The fourth-order valence-corrected chi connectivity index (χ4v) is 2.55. The van der Waals surface area contributed by atoms with Gasteiger partial charge in [-0.1, -0.05) is 12.1 Å². The second kappa shape index (κ2) is 6.80. The van der Waals surface area contributed by atoms with Crippen LogP contribution in [0.15, 0.2) is 47.3 Å². The Labute approximate surface area is 141 Å². The first-order valence-corrected chi connectivity index (χ1v) is 7.72. The molecular weight excluding hydrogens is 328 g/mol. The van der Waals surface area contributed by atoms with Crippen LogP contribution >= 0.6 is 0 Å². The average molecular weight is 343 g/mol. The molecule has 0 saturated carbocycles. The van der Waals surface area contributed by atoms with Crippen LogP contribution in [0.3, 0.4) is 0 Å². The number of hydrogen-bond acceptors (Lipinski definition) is 3. The van der Waals surface area contributed by atoms with E-state index in [4.69, 9.17) is 0 Å². The summed E-state index contributed by atoms with van der Waals surface area (Å²) in [5.74, 6) is -1.99. The SMILES string of the molecule is CCN(Cc1nc2ccccc2c(=O)[nH]1)C(=O)c1ccc(F)cc1F. The molecule has 25 heavy (non-hydrogen) atoms. The maximum Gasteiger partial charge on any atom is 0.258 e. The molecule has 1 aromatic heterocycles. The van der Waals surface area contributed by atoms with Gasteiger partial charge in [-0.3, -0.25) is 9.59 Å². The molecule has 0 atom stereocenters. The van der Waals surface area contributed by atoms with E-state index in [1.54, 1.807) is 31.2 Å². The Morgan fingerprint density at radius 3 is 2.68 bits per heavy atom. The quantitative estimate of drug-likeness (QED) is 0.792. The minimum atomic E-state index is -0.927. The highest BCUT2D eigenvalue weighted by atomic mass is 19.1. The zero-order valence-electron chi connectivity index (χ0n) is 13.4. The standard InChI is InChI=1S/C18H15F2N3O2/c1-2-23(18(25)12-8-7-11(19)9-14(12)20)10-16-21-15-6-4-3-5-13(15)17(24)22-16/h3-9H,2,10H2,1H3,(H,21,22,24). The van der Waals surface area contributed by atoms with E-state index in [1.807, 2.05) is 0 Å². The van der Waals surface area contributed by atoms with E-state index in [9.17, 15) is 18.4 Å². The largest absolute Gasteiger partial charge is 0.331 e. The lowest BCUT2D eigenvalue weighted by molar-refractivity contribution is 0.0743. The second-order valence-corrected chi connectivity index (χ2v) is 5.47. The Kier molecular flexibility index (Phi) is 4.56. The summed E-state index contributed by atoms with van der Waals surface area (Å²) in [5.41, 5.74) is -0.0267. The van der Waals surface area contributed by atoms with E-state index in [0.717, 1.165) is 12.1 Å².